The highest BCUT2D eigenvalue weighted by molar-refractivity contribution is 6.19. The molecule has 2 heterocycles. The van der Waals surface area contributed by atoms with Crippen molar-refractivity contribution in [1.29, 1.82) is 0 Å². The molecule has 13 aromatic rings. The fourth-order valence-electron chi connectivity index (χ4n) is 12.5. The molecule has 0 N–H and O–H groups in total. The molecule has 2 aliphatic rings. The maximum absolute atomic E-state index is 2.58. The molecule has 0 amide bonds. The minimum absolute atomic E-state index is 0.485. The fraction of sp³-hybridized carbons (Fsp3) is 0.0154. The van der Waals surface area contributed by atoms with Crippen LogP contribution in [0.3, 0.4) is 0 Å². The summed E-state index contributed by atoms with van der Waals surface area (Å²) in [5, 5.41) is 7.31. The van der Waals surface area contributed by atoms with Crippen LogP contribution in [0.4, 0.5) is 17.1 Å². The van der Waals surface area contributed by atoms with Crippen molar-refractivity contribution in [3.8, 4) is 33.6 Å². The van der Waals surface area contributed by atoms with E-state index in [0.29, 0.717) is 0 Å². The van der Waals surface area contributed by atoms with Crippen molar-refractivity contribution in [3.05, 3.63) is 271 Å². The lowest BCUT2D eigenvalue weighted by Crippen LogP contribution is -2.26. The molecule has 1 spiro atoms. The Labute approximate surface area is 393 Å². The Kier molecular flexibility index (Phi) is 7.71. The van der Waals surface area contributed by atoms with Crippen molar-refractivity contribution in [2.45, 2.75) is 5.41 Å². The first kappa shape index (κ1) is 37.3. The van der Waals surface area contributed by atoms with Crippen LogP contribution in [0.2, 0.25) is 0 Å². The molecule has 3 heteroatoms. The smallest absolute Gasteiger partial charge is 0.0726 e. The second kappa shape index (κ2) is 14.0. The number of nitrogens with zero attached hydrogens (tertiary/aromatic N) is 3. The average molecular weight is 864 g/mol. The second-order valence-electron chi connectivity index (χ2n) is 18.3. The van der Waals surface area contributed by atoms with E-state index in [1.807, 2.05) is 0 Å². The van der Waals surface area contributed by atoms with Crippen molar-refractivity contribution in [2.24, 2.45) is 0 Å². The first-order valence-electron chi connectivity index (χ1n) is 23.6. The highest BCUT2D eigenvalue weighted by Gasteiger charge is 2.52. The van der Waals surface area contributed by atoms with Crippen LogP contribution in [-0.4, -0.2) is 9.13 Å². The molecule has 316 valence electrons. The van der Waals surface area contributed by atoms with E-state index in [2.05, 4.69) is 263 Å². The van der Waals surface area contributed by atoms with Gasteiger partial charge in [-0.2, -0.15) is 0 Å². The Morgan fingerprint density at radius 2 is 0.853 bits per heavy atom. The van der Waals surface area contributed by atoms with Gasteiger partial charge in [-0.3, -0.25) is 0 Å². The first-order chi connectivity index (χ1) is 33.8. The SMILES string of the molecule is c1ccc(-n2c3ccccc3c3ccc(N(c4cccc5c4-c4ccccc4C54c5ccccc5-c5ccccc54)c4cccc5c4c4ccccc4n5-c4cccc5ccccc45)cc32)cc1. The minimum Gasteiger partial charge on any atom is -0.309 e. The van der Waals surface area contributed by atoms with Gasteiger partial charge in [0.15, 0.2) is 0 Å². The minimum atomic E-state index is -0.485. The molecule has 3 nitrogen and oxygen atoms in total. The third-order valence-corrected chi connectivity index (χ3v) is 15.1. The molecular formula is C65H41N3. The lowest BCUT2D eigenvalue weighted by molar-refractivity contribution is 0.794. The Bertz CT molecular complexity index is 4180. The van der Waals surface area contributed by atoms with E-state index in [1.165, 1.54) is 93.5 Å². The zero-order chi connectivity index (χ0) is 44.5. The van der Waals surface area contributed by atoms with Crippen LogP contribution in [0.15, 0.2) is 249 Å². The number of anilines is 3. The summed E-state index contributed by atoms with van der Waals surface area (Å²) in [6.45, 7) is 0. The van der Waals surface area contributed by atoms with E-state index in [1.54, 1.807) is 0 Å². The third-order valence-electron chi connectivity index (χ3n) is 15.1. The largest absolute Gasteiger partial charge is 0.309 e. The average Bonchev–Trinajstić information content (AvgIpc) is 4.11. The predicted octanol–water partition coefficient (Wildman–Crippen LogP) is 16.8. The fourth-order valence-corrected chi connectivity index (χ4v) is 12.5. The van der Waals surface area contributed by atoms with Gasteiger partial charge in [0.25, 0.3) is 0 Å². The highest BCUT2D eigenvalue weighted by Crippen LogP contribution is 2.65. The van der Waals surface area contributed by atoms with Crippen molar-refractivity contribution in [1.82, 2.24) is 9.13 Å². The summed E-state index contributed by atoms with van der Waals surface area (Å²) in [5.41, 5.74) is 20.3. The molecule has 11 aromatic carbocycles. The third kappa shape index (κ3) is 4.87. The molecule has 0 unspecified atom stereocenters. The van der Waals surface area contributed by atoms with E-state index in [9.17, 15) is 0 Å². The van der Waals surface area contributed by atoms with E-state index < -0.39 is 5.41 Å². The Morgan fingerprint density at radius 3 is 1.63 bits per heavy atom. The van der Waals surface area contributed by atoms with Gasteiger partial charge in [-0.25, -0.2) is 0 Å². The standard InChI is InChI=1S/C65H41N3/c1-2-21-43(22-3-1)66-57-33-14-9-26-48(57)49-40-39-44(41-62(49)66)67(60-37-18-38-61-64(60)51-28-10-15-34-58(51)68(61)56-35-16-20-42-19-4-5-23-45(42)56)59-36-17-32-55-63(59)50-27-8-13-31-54(50)65(55)52-29-11-6-24-46(52)47-25-7-12-30-53(47)65/h1-41H. The molecule has 0 saturated carbocycles. The van der Waals surface area contributed by atoms with Gasteiger partial charge in [-0.15, -0.1) is 0 Å². The van der Waals surface area contributed by atoms with Crippen molar-refractivity contribution < 1.29 is 0 Å². The molecule has 0 fully saturated rings. The number of hydrogen-bond donors (Lipinski definition) is 0. The lowest BCUT2D eigenvalue weighted by Gasteiger charge is -2.32. The van der Waals surface area contributed by atoms with Crippen LogP contribution in [0, 0.1) is 0 Å². The molecule has 2 aliphatic carbocycles. The van der Waals surface area contributed by atoms with Crippen LogP contribution in [-0.2, 0) is 5.41 Å². The second-order valence-corrected chi connectivity index (χ2v) is 18.3. The van der Waals surface area contributed by atoms with E-state index in [0.717, 1.165) is 33.8 Å². The van der Waals surface area contributed by atoms with Crippen LogP contribution in [0.1, 0.15) is 22.3 Å². The molecule has 0 bridgehead atoms. The van der Waals surface area contributed by atoms with E-state index in [4.69, 9.17) is 0 Å². The summed E-state index contributed by atoms with van der Waals surface area (Å²) in [4.78, 5) is 2.58. The Morgan fingerprint density at radius 1 is 0.324 bits per heavy atom. The number of aromatic nitrogens is 2. The van der Waals surface area contributed by atoms with Gasteiger partial charge in [0, 0.05) is 43.9 Å². The van der Waals surface area contributed by atoms with Crippen molar-refractivity contribution in [3.63, 3.8) is 0 Å². The summed E-state index contributed by atoms with van der Waals surface area (Å²) >= 11 is 0. The topological polar surface area (TPSA) is 13.1 Å². The number of para-hydroxylation sites is 3. The van der Waals surface area contributed by atoms with Crippen molar-refractivity contribution in [2.75, 3.05) is 4.90 Å². The molecule has 0 saturated heterocycles. The van der Waals surface area contributed by atoms with Gasteiger partial charge in [0.2, 0.25) is 0 Å². The number of benzene rings is 11. The Balaban J connectivity index is 1.08. The van der Waals surface area contributed by atoms with Gasteiger partial charge >= 0.3 is 0 Å². The molecule has 2 aromatic heterocycles. The molecule has 15 rings (SSSR count). The number of rotatable bonds is 5. The predicted molar refractivity (Wildman–Crippen MR) is 284 cm³/mol. The molecular weight excluding hydrogens is 823 g/mol. The van der Waals surface area contributed by atoms with Crippen LogP contribution < -0.4 is 4.90 Å². The lowest BCUT2D eigenvalue weighted by atomic mass is 9.70. The molecule has 0 radical (unpaired) electrons. The summed E-state index contributed by atoms with van der Waals surface area (Å²) in [7, 11) is 0. The van der Waals surface area contributed by atoms with Crippen molar-refractivity contribution >= 4 is 71.4 Å². The zero-order valence-corrected chi connectivity index (χ0v) is 37.0. The zero-order valence-electron chi connectivity index (χ0n) is 37.0. The summed E-state index contributed by atoms with van der Waals surface area (Å²) in [6.07, 6.45) is 0. The maximum Gasteiger partial charge on any atom is 0.0726 e. The highest BCUT2D eigenvalue weighted by atomic mass is 15.2. The summed E-state index contributed by atoms with van der Waals surface area (Å²) < 4.78 is 4.92. The maximum atomic E-state index is 2.58. The normalized spacial score (nSPS) is 13.1. The molecule has 68 heavy (non-hydrogen) atoms. The summed E-state index contributed by atoms with van der Waals surface area (Å²) in [5.74, 6) is 0. The molecule has 0 atom stereocenters. The Hall–Kier alpha value is -8.92. The van der Waals surface area contributed by atoms with Crippen LogP contribution in [0.5, 0.6) is 0 Å². The van der Waals surface area contributed by atoms with Gasteiger partial charge in [0.1, 0.15) is 0 Å². The van der Waals surface area contributed by atoms with Gasteiger partial charge < -0.3 is 14.0 Å². The van der Waals surface area contributed by atoms with Gasteiger partial charge in [-0.1, -0.05) is 188 Å². The van der Waals surface area contributed by atoms with Gasteiger partial charge in [-0.05, 0) is 105 Å². The number of hydrogen-bond acceptors (Lipinski definition) is 1. The monoisotopic (exact) mass is 863 g/mol. The molecule has 0 aliphatic heterocycles. The van der Waals surface area contributed by atoms with Crippen LogP contribution in [0.25, 0.3) is 88.0 Å². The first-order valence-corrected chi connectivity index (χ1v) is 23.6. The van der Waals surface area contributed by atoms with Crippen LogP contribution >= 0.6 is 0 Å². The van der Waals surface area contributed by atoms with E-state index >= 15 is 0 Å². The van der Waals surface area contributed by atoms with Gasteiger partial charge in [0.05, 0.1) is 44.5 Å². The van der Waals surface area contributed by atoms with E-state index in [-0.39, 0.29) is 0 Å². The number of fused-ring (bicyclic) bond motifs is 17. The quantitative estimate of drug-likeness (QED) is 0.168. The summed E-state index contributed by atoms with van der Waals surface area (Å²) in [6, 6.07) is 92.5.